The number of rotatable bonds is 4. The number of hydrogen-bond acceptors (Lipinski definition) is 8. The molecule has 170 valence electrons. The van der Waals surface area contributed by atoms with E-state index in [2.05, 4.69) is 59.7 Å². The molecule has 5 rings (SSSR count). The van der Waals surface area contributed by atoms with Gasteiger partial charge < -0.3 is 25.3 Å². The van der Waals surface area contributed by atoms with Crippen LogP contribution in [0.25, 0.3) is 21.9 Å². The lowest BCUT2D eigenvalue weighted by molar-refractivity contribution is 0.438. The summed E-state index contributed by atoms with van der Waals surface area (Å²) in [5.41, 5.74) is 2.62. The van der Waals surface area contributed by atoms with E-state index in [-0.39, 0.29) is 21.8 Å². The molecule has 1 aliphatic rings. The number of H-pyrrole nitrogens is 1. The van der Waals surface area contributed by atoms with Gasteiger partial charge in [-0.1, -0.05) is 22.6 Å². The maximum absolute atomic E-state index is 14.5. The van der Waals surface area contributed by atoms with E-state index in [0.717, 1.165) is 10.9 Å². The molecule has 0 amide bonds. The number of anilines is 2. The Hall–Kier alpha value is -3.09. The molecule has 1 fully saturated rings. The van der Waals surface area contributed by atoms with Gasteiger partial charge in [0, 0.05) is 37.2 Å². The molecule has 4 aromatic rings. The molecule has 2 atom stereocenters. The molecule has 11 heteroatoms. The van der Waals surface area contributed by atoms with Crippen molar-refractivity contribution in [2.45, 2.75) is 30.2 Å². The molecule has 3 N–H and O–H groups in total. The minimum absolute atomic E-state index is 0.0412. The summed E-state index contributed by atoms with van der Waals surface area (Å²) < 4.78 is 20.4. The van der Waals surface area contributed by atoms with Crippen LogP contribution in [0.4, 0.5) is 15.9 Å². The zero-order valence-corrected chi connectivity index (χ0v) is 20.4. The van der Waals surface area contributed by atoms with Gasteiger partial charge in [0.1, 0.15) is 23.1 Å². The van der Waals surface area contributed by atoms with Crippen molar-refractivity contribution in [1.29, 1.82) is 5.41 Å². The van der Waals surface area contributed by atoms with Gasteiger partial charge in [0.05, 0.1) is 32.9 Å². The topological polar surface area (TPSA) is 116 Å². The van der Waals surface area contributed by atoms with Gasteiger partial charge in [-0.25, -0.2) is 14.4 Å². The molecule has 1 aromatic carbocycles. The monoisotopic (exact) mass is 560 g/mol. The van der Waals surface area contributed by atoms with Crippen molar-refractivity contribution >= 4 is 61.7 Å². The van der Waals surface area contributed by atoms with Crippen molar-refractivity contribution in [3.63, 3.8) is 0 Å². The SMILES string of the molecule is CNc1cc(F)cc2c1[nH]c1nc(Oc3cnc(C)nc3)nc(N3CC(I)C(=N)C[C@H]3C)c12. The Kier molecular flexibility index (Phi) is 5.51. The lowest BCUT2D eigenvalue weighted by Crippen LogP contribution is -2.47. The molecular formula is C22H22FIN8O. The van der Waals surface area contributed by atoms with Crippen molar-refractivity contribution in [1.82, 2.24) is 24.9 Å². The average molecular weight is 560 g/mol. The van der Waals surface area contributed by atoms with Gasteiger partial charge in [0.25, 0.3) is 0 Å². The lowest BCUT2D eigenvalue weighted by Gasteiger charge is -2.37. The molecule has 3 aromatic heterocycles. The number of ether oxygens (including phenoxy) is 1. The fourth-order valence-corrected chi connectivity index (χ4v) is 4.81. The largest absolute Gasteiger partial charge is 0.421 e. The number of nitrogens with one attached hydrogen (secondary N) is 3. The number of nitrogens with zero attached hydrogens (tertiary/aromatic N) is 5. The summed E-state index contributed by atoms with van der Waals surface area (Å²) in [6, 6.07) is 3.12. The predicted molar refractivity (Wildman–Crippen MR) is 135 cm³/mol. The van der Waals surface area contributed by atoms with E-state index in [1.165, 1.54) is 12.1 Å². The van der Waals surface area contributed by atoms with Crippen LogP contribution < -0.4 is 15.0 Å². The Balaban J connectivity index is 1.73. The third-order valence-corrected chi connectivity index (χ3v) is 6.92. The first kappa shape index (κ1) is 21.7. The van der Waals surface area contributed by atoms with E-state index in [4.69, 9.17) is 15.1 Å². The molecule has 0 saturated carbocycles. The van der Waals surface area contributed by atoms with Gasteiger partial charge in [-0.3, -0.25) is 0 Å². The van der Waals surface area contributed by atoms with Crippen LogP contribution in [0.1, 0.15) is 19.2 Å². The number of piperidine rings is 1. The minimum atomic E-state index is -0.351. The highest BCUT2D eigenvalue weighted by Gasteiger charge is 2.31. The van der Waals surface area contributed by atoms with Crippen LogP contribution in [0, 0.1) is 18.2 Å². The highest BCUT2D eigenvalue weighted by atomic mass is 127. The second-order valence-electron chi connectivity index (χ2n) is 8.07. The minimum Gasteiger partial charge on any atom is -0.421 e. The van der Waals surface area contributed by atoms with Crippen molar-refractivity contribution in [3.8, 4) is 11.8 Å². The number of aromatic nitrogens is 5. The van der Waals surface area contributed by atoms with E-state index in [1.807, 2.05) is 0 Å². The molecule has 0 spiro atoms. The van der Waals surface area contributed by atoms with E-state index in [0.29, 0.717) is 52.8 Å². The number of aromatic amines is 1. The van der Waals surface area contributed by atoms with Gasteiger partial charge in [-0.15, -0.1) is 0 Å². The Labute approximate surface area is 202 Å². The quantitative estimate of drug-likeness (QED) is 0.247. The summed E-state index contributed by atoms with van der Waals surface area (Å²) in [5, 5.41) is 12.7. The molecule has 0 aliphatic carbocycles. The second kappa shape index (κ2) is 8.36. The highest BCUT2D eigenvalue weighted by Crippen LogP contribution is 2.39. The smallest absolute Gasteiger partial charge is 0.326 e. The maximum Gasteiger partial charge on any atom is 0.326 e. The van der Waals surface area contributed by atoms with Crippen molar-refractivity contribution in [3.05, 3.63) is 36.2 Å². The fourth-order valence-electron chi connectivity index (χ4n) is 4.13. The van der Waals surface area contributed by atoms with Crippen LogP contribution in [0.5, 0.6) is 11.8 Å². The predicted octanol–water partition coefficient (Wildman–Crippen LogP) is 4.60. The Morgan fingerprint density at radius 2 is 2.03 bits per heavy atom. The summed E-state index contributed by atoms with van der Waals surface area (Å²) in [6.45, 7) is 4.47. The summed E-state index contributed by atoms with van der Waals surface area (Å²) >= 11 is 2.29. The summed E-state index contributed by atoms with van der Waals surface area (Å²) in [5.74, 6) is 1.35. The molecule has 0 radical (unpaired) electrons. The van der Waals surface area contributed by atoms with Gasteiger partial charge in [-0.05, 0) is 26.0 Å². The fraction of sp³-hybridized carbons (Fsp3) is 0.318. The van der Waals surface area contributed by atoms with E-state index in [9.17, 15) is 4.39 Å². The molecular weight excluding hydrogens is 538 g/mol. The average Bonchev–Trinajstić information content (AvgIpc) is 3.15. The van der Waals surface area contributed by atoms with Gasteiger partial charge in [0.15, 0.2) is 5.75 Å². The Morgan fingerprint density at radius 1 is 1.27 bits per heavy atom. The van der Waals surface area contributed by atoms with Gasteiger partial charge in [-0.2, -0.15) is 9.97 Å². The van der Waals surface area contributed by atoms with Crippen molar-refractivity contribution in [2.75, 3.05) is 23.8 Å². The molecule has 1 aliphatic heterocycles. The standard InChI is InChI=1S/C22H22FIN8O/c1-10-4-16(25)15(24)9-32(10)21-18-14-5-12(23)6-17(26-3)19(14)29-20(18)30-22(31-21)33-13-7-27-11(2)28-8-13/h5-8,10,15,25-26H,4,9H2,1-3H3,(H,29,30,31)/t10-,15?/m1/s1. The van der Waals surface area contributed by atoms with Gasteiger partial charge >= 0.3 is 6.01 Å². The molecule has 4 heterocycles. The zero-order valence-electron chi connectivity index (χ0n) is 18.3. The first-order valence-corrected chi connectivity index (χ1v) is 11.7. The van der Waals surface area contributed by atoms with Gasteiger partial charge in [0.2, 0.25) is 0 Å². The van der Waals surface area contributed by atoms with E-state index >= 15 is 0 Å². The third kappa shape index (κ3) is 3.94. The summed E-state index contributed by atoms with van der Waals surface area (Å²) in [6.07, 6.45) is 3.77. The van der Waals surface area contributed by atoms with Crippen LogP contribution >= 0.6 is 22.6 Å². The number of alkyl halides is 1. The summed E-state index contributed by atoms with van der Waals surface area (Å²) in [7, 11) is 1.75. The van der Waals surface area contributed by atoms with Crippen LogP contribution in [-0.2, 0) is 0 Å². The van der Waals surface area contributed by atoms with E-state index < -0.39 is 0 Å². The number of aryl methyl sites for hydroxylation is 1. The second-order valence-corrected chi connectivity index (χ2v) is 9.57. The molecule has 0 bridgehead atoms. The summed E-state index contributed by atoms with van der Waals surface area (Å²) in [4.78, 5) is 23.1. The van der Waals surface area contributed by atoms with Crippen LogP contribution in [0.3, 0.4) is 0 Å². The Bertz CT molecular complexity index is 1370. The molecule has 9 nitrogen and oxygen atoms in total. The third-order valence-electron chi connectivity index (χ3n) is 5.78. The Morgan fingerprint density at radius 3 is 2.76 bits per heavy atom. The molecule has 1 saturated heterocycles. The van der Waals surface area contributed by atoms with Crippen molar-refractivity contribution < 1.29 is 9.13 Å². The lowest BCUT2D eigenvalue weighted by atomic mass is 10.0. The van der Waals surface area contributed by atoms with Crippen molar-refractivity contribution in [2.24, 2.45) is 0 Å². The molecule has 33 heavy (non-hydrogen) atoms. The van der Waals surface area contributed by atoms with Crippen LogP contribution in [0.15, 0.2) is 24.5 Å². The highest BCUT2D eigenvalue weighted by molar-refractivity contribution is 14.1. The first-order chi connectivity index (χ1) is 15.8. The first-order valence-electron chi connectivity index (χ1n) is 10.5. The van der Waals surface area contributed by atoms with Crippen LogP contribution in [0.2, 0.25) is 0 Å². The van der Waals surface area contributed by atoms with Crippen LogP contribution in [-0.4, -0.2) is 54.2 Å². The normalized spacial score (nSPS) is 18.8. The maximum atomic E-state index is 14.5. The number of halogens is 2. The number of fused-ring (bicyclic) bond motifs is 3. The van der Waals surface area contributed by atoms with E-state index in [1.54, 1.807) is 26.4 Å². The number of hydrogen-bond donors (Lipinski definition) is 3. The molecule has 1 unspecified atom stereocenters. The number of benzene rings is 1. The zero-order chi connectivity index (χ0) is 23.3.